The van der Waals surface area contributed by atoms with Gasteiger partial charge in [-0.05, 0) is 6.92 Å². The average molecular weight is 222 g/mol. The molecule has 0 spiro atoms. The quantitative estimate of drug-likeness (QED) is 0.652. The van der Waals surface area contributed by atoms with E-state index >= 15 is 0 Å². The number of rotatable bonds is 1. The monoisotopic (exact) mass is 222 g/mol. The molecule has 1 aromatic rings. The van der Waals surface area contributed by atoms with E-state index in [2.05, 4.69) is 15.3 Å². The zero-order valence-electron chi connectivity index (χ0n) is 9.06. The van der Waals surface area contributed by atoms with Gasteiger partial charge < -0.3 is 15.2 Å². The van der Waals surface area contributed by atoms with E-state index in [-0.39, 0.29) is 17.2 Å². The molecule has 0 radical (unpaired) electrons. The summed E-state index contributed by atoms with van der Waals surface area (Å²) in [5.41, 5.74) is -0.0149. The summed E-state index contributed by atoms with van der Waals surface area (Å²) in [5.74, 6) is -0.135. The largest absolute Gasteiger partial charge is 0.334 e. The highest BCUT2D eigenvalue weighted by atomic mass is 16.2. The zero-order valence-corrected chi connectivity index (χ0v) is 9.06. The standard InChI is InChI=1S/C10H14N4O2/c1-7-6-14(3-2-11-7)10(16)8-4-13-9(15)5-12-8/h4-5,7,11H,2-3,6H2,1H3,(H,13,15). The van der Waals surface area contributed by atoms with Crippen LogP contribution in [0.2, 0.25) is 0 Å². The maximum absolute atomic E-state index is 12.0. The molecule has 1 aliphatic heterocycles. The van der Waals surface area contributed by atoms with E-state index in [1.807, 2.05) is 6.92 Å². The van der Waals surface area contributed by atoms with Gasteiger partial charge in [0.2, 0.25) is 0 Å². The molecule has 0 aliphatic carbocycles. The number of H-pyrrole nitrogens is 1. The fourth-order valence-corrected chi connectivity index (χ4v) is 1.74. The minimum Gasteiger partial charge on any atom is -0.334 e. The van der Waals surface area contributed by atoms with Crippen molar-refractivity contribution >= 4 is 5.91 Å². The van der Waals surface area contributed by atoms with Gasteiger partial charge in [-0.2, -0.15) is 0 Å². The Kier molecular flexibility index (Phi) is 3.00. The van der Waals surface area contributed by atoms with Gasteiger partial charge in [-0.1, -0.05) is 0 Å². The first-order valence-corrected chi connectivity index (χ1v) is 5.24. The van der Waals surface area contributed by atoms with Gasteiger partial charge in [0.05, 0.1) is 6.20 Å². The highest BCUT2D eigenvalue weighted by molar-refractivity contribution is 5.92. The van der Waals surface area contributed by atoms with Crippen LogP contribution in [0.25, 0.3) is 0 Å². The third kappa shape index (κ3) is 2.27. The lowest BCUT2D eigenvalue weighted by atomic mass is 10.2. The summed E-state index contributed by atoms with van der Waals surface area (Å²) in [5, 5.41) is 3.26. The van der Waals surface area contributed by atoms with E-state index in [9.17, 15) is 9.59 Å². The highest BCUT2D eigenvalue weighted by Crippen LogP contribution is 2.03. The number of hydrogen-bond acceptors (Lipinski definition) is 4. The second-order valence-electron chi connectivity index (χ2n) is 3.90. The van der Waals surface area contributed by atoms with Gasteiger partial charge in [0.15, 0.2) is 0 Å². The van der Waals surface area contributed by atoms with Gasteiger partial charge in [-0.15, -0.1) is 0 Å². The Labute approximate surface area is 92.7 Å². The number of piperazine rings is 1. The van der Waals surface area contributed by atoms with Gasteiger partial charge in [-0.3, -0.25) is 9.59 Å². The molecule has 0 aromatic carbocycles. The number of carbonyl (C=O) groups excluding carboxylic acids is 1. The summed E-state index contributed by atoms with van der Waals surface area (Å²) in [6, 6.07) is 0.292. The number of carbonyl (C=O) groups is 1. The molecular weight excluding hydrogens is 208 g/mol. The molecule has 1 unspecified atom stereocenters. The molecule has 1 atom stereocenters. The van der Waals surface area contributed by atoms with Crippen LogP contribution >= 0.6 is 0 Å². The number of amides is 1. The van der Waals surface area contributed by atoms with Crippen molar-refractivity contribution in [3.8, 4) is 0 Å². The van der Waals surface area contributed by atoms with Gasteiger partial charge >= 0.3 is 0 Å². The van der Waals surface area contributed by atoms with Crippen molar-refractivity contribution in [2.75, 3.05) is 19.6 Å². The van der Waals surface area contributed by atoms with E-state index in [0.29, 0.717) is 19.1 Å². The SMILES string of the molecule is CC1CN(C(=O)c2c[nH]c(=O)cn2)CCN1. The third-order valence-electron chi connectivity index (χ3n) is 2.55. The predicted molar refractivity (Wildman–Crippen MR) is 58.2 cm³/mol. The molecule has 1 saturated heterocycles. The molecule has 2 N–H and O–H groups in total. The Morgan fingerprint density at radius 3 is 3.06 bits per heavy atom. The summed E-state index contributed by atoms with van der Waals surface area (Å²) in [4.78, 5) is 30.8. The first-order chi connectivity index (χ1) is 7.66. The van der Waals surface area contributed by atoms with Crippen molar-refractivity contribution in [3.63, 3.8) is 0 Å². The van der Waals surface area contributed by atoms with Crippen molar-refractivity contribution in [2.24, 2.45) is 0 Å². The van der Waals surface area contributed by atoms with Gasteiger partial charge in [0.25, 0.3) is 11.5 Å². The number of aromatic amines is 1. The molecule has 2 rings (SSSR count). The van der Waals surface area contributed by atoms with Crippen LogP contribution in [0.15, 0.2) is 17.2 Å². The lowest BCUT2D eigenvalue weighted by Crippen LogP contribution is -2.51. The molecule has 1 amide bonds. The fourth-order valence-electron chi connectivity index (χ4n) is 1.74. The predicted octanol–water partition coefficient (Wildman–Crippen LogP) is -0.796. The maximum atomic E-state index is 12.0. The molecule has 1 aliphatic rings. The van der Waals surface area contributed by atoms with Crippen LogP contribution in [0, 0.1) is 0 Å². The minimum atomic E-state index is -0.301. The Balaban J connectivity index is 2.12. The smallest absolute Gasteiger partial charge is 0.274 e. The van der Waals surface area contributed by atoms with E-state index in [4.69, 9.17) is 0 Å². The first kappa shape index (κ1) is 10.8. The van der Waals surface area contributed by atoms with Crippen LogP contribution < -0.4 is 10.9 Å². The number of hydrogen-bond donors (Lipinski definition) is 2. The number of aromatic nitrogens is 2. The average Bonchev–Trinajstić information content (AvgIpc) is 2.29. The van der Waals surface area contributed by atoms with Crippen molar-refractivity contribution in [1.29, 1.82) is 0 Å². The molecule has 1 aromatic heterocycles. The van der Waals surface area contributed by atoms with Crippen molar-refractivity contribution in [3.05, 3.63) is 28.4 Å². The Morgan fingerprint density at radius 1 is 1.62 bits per heavy atom. The Bertz CT molecular complexity index is 422. The second kappa shape index (κ2) is 4.44. The van der Waals surface area contributed by atoms with Crippen LogP contribution in [-0.2, 0) is 0 Å². The van der Waals surface area contributed by atoms with Gasteiger partial charge in [0, 0.05) is 31.9 Å². The van der Waals surface area contributed by atoms with Crippen molar-refractivity contribution in [2.45, 2.75) is 13.0 Å². The summed E-state index contributed by atoms with van der Waals surface area (Å²) in [6.07, 6.45) is 2.48. The van der Waals surface area contributed by atoms with Crippen LogP contribution in [0.3, 0.4) is 0 Å². The van der Waals surface area contributed by atoms with E-state index in [1.54, 1.807) is 4.90 Å². The fraction of sp³-hybridized carbons (Fsp3) is 0.500. The van der Waals surface area contributed by atoms with E-state index in [0.717, 1.165) is 12.7 Å². The molecule has 86 valence electrons. The second-order valence-corrected chi connectivity index (χ2v) is 3.90. The summed E-state index contributed by atoms with van der Waals surface area (Å²) < 4.78 is 0. The third-order valence-corrected chi connectivity index (χ3v) is 2.55. The van der Waals surface area contributed by atoms with Crippen LogP contribution in [0.4, 0.5) is 0 Å². The van der Waals surface area contributed by atoms with Gasteiger partial charge in [-0.25, -0.2) is 4.98 Å². The highest BCUT2D eigenvalue weighted by Gasteiger charge is 2.22. The van der Waals surface area contributed by atoms with Crippen molar-refractivity contribution < 1.29 is 4.79 Å². The summed E-state index contributed by atoms with van der Waals surface area (Å²) in [6.45, 7) is 4.15. The number of nitrogens with one attached hydrogen (secondary N) is 2. The molecule has 0 saturated carbocycles. The minimum absolute atomic E-state index is 0.135. The van der Waals surface area contributed by atoms with Crippen LogP contribution in [0.5, 0.6) is 0 Å². The Hall–Kier alpha value is -1.69. The van der Waals surface area contributed by atoms with E-state index < -0.39 is 0 Å². The lowest BCUT2D eigenvalue weighted by molar-refractivity contribution is 0.0702. The maximum Gasteiger partial charge on any atom is 0.274 e. The van der Waals surface area contributed by atoms with E-state index in [1.165, 1.54) is 6.20 Å². The molecule has 16 heavy (non-hydrogen) atoms. The molecule has 2 heterocycles. The molecule has 0 bridgehead atoms. The first-order valence-electron chi connectivity index (χ1n) is 5.24. The molecular formula is C10H14N4O2. The zero-order chi connectivity index (χ0) is 11.5. The summed E-state index contributed by atoms with van der Waals surface area (Å²) in [7, 11) is 0. The Morgan fingerprint density at radius 2 is 2.44 bits per heavy atom. The normalized spacial score (nSPS) is 20.8. The molecule has 1 fully saturated rings. The van der Waals surface area contributed by atoms with Crippen LogP contribution in [0.1, 0.15) is 17.4 Å². The van der Waals surface area contributed by atoms with Crippen molar-refractivity contribution in [1.82, 2.24) is 20.2 Å². The van der Waals surface area contributed by atoms with Crippen LogP contribution in [-0.4, -0.2) is 46.5 Å². The topological polar surface area (TPSA) is 78.1 Å². The van der Waals surface area contributed by atoms with Gasteiger partial charge in [0.1, 0.15) is 5.69 Å². The molecule has 6 heteroatoms. The number of nitrogens with zero attached hydrogens (tertiary/aromatic N) is 2. The summed E-state index contributed by atoms with van der Waals surface area (Å²) >= 11 is 0. The lowest BCUT2D eigenvalue weighted by Gasteiger charge is -2.31. The molecule has 6 nitrogen and oxygen atoms in total.